The van der Waals surface area contributed by atoms with Gasteiger partial charge < -0.3 is 0 Å². The van der Waals surface area contributed by atoms with Gasteiger partial charge >= 0.3 is 0 Å². The fourth-order valence-corrected chi connectivity index (χ4v) is 2.92. The van der Waals surface area contributed by atoms with Gasteiger partial charge in [-0.05, 0) is 43.3 Å². The van der Waals surface area contributed by atoms with Crippen molar-refractivity contribution in [3.05, 3.63) is 70.6 Å². The monoisotopic (exact) mass is 431 g/mol. The third-order valence-corrected chi connectivity index (χ3v) is 4.59. The Hall–Kier alpha value is -3.44. The second-order valence-electron chi connectivity index (χ2n) is 6.10. The number of nitrogens with zero attached hydrogens (tertiary/aromatic N) is 7. The van der Waals surface area contributed by atoms with Gasteiger partial charge in [0, 0.05) is 4.47 Å². The molecule has 136 valence electrons. The van der Waals surface area contributed by atoms with Crippen LogP contribution in [-0.4, -0.2) is 19.7 Å². The van der Waals surface area contributed by atoms with Crippen LogP contribution < -0.4 is 0 Å². The highest BCUT2D eigenvalue weighted by Gasteiger charge is 2.14. The van der Waals surface area contributed by atoms with E-state index < -0.39 is 0 Å². The van der Waals surface area contributed by atoms with E-state index in [2.05, 4.69) is 47.3 Å². The van der Waals surface area contributed by atoms with Crippen molar-refractivity contribution in [2.24, 2.45) is 10.2 Å². The van der Waals surface area contributed by atoms with Gasteiger partial charge in [0.2, 0.25) is 0 Å². The Morgan fingerprint density at radius 2 is 1.79 bits per heavy atom. The molecule has 0 N–H and O–H groups in total. The maximum absolute atomic E-state index is 9.07. The molecule has 0 saturated heterocycles. The lowest BCUT2D eigenvalue weighted by Crippen LogP contribution is -2.01. The number of hydrogen-bond donors (Lipinski definition) is 0. The van der Waals surface area contributed by atoms with E-state index in [0.717, 1.165) is 15.7 Å². The van der Waals surface area contributed by atoms with E-state index in [-0.39, 0.29) is 6.42 Å². The highest BCUT2D eigenvalue weighted by atomic mass is 79.9. The molecule has 0 aliphatic carbocycles. The van der Waals surface area contributed by atoms with Gasteiger partial charge in [-0.2, -0.15) is 10.4 Å². The number of fused-ring (bicyclic) bond motifs is 1. The lowest BCUT2D eigenvalue weighted by atomic mass is 10.2. The highest BCUT2D eigenvalue weighted by Crippen LogP contribution is 2.27. The summed E-state index contributed by atoms with van der Waals surface area (Å²) in [7, 11) is 0. The molecular formula is C20H14BrN7. The first-order valence-electron chi connectivity index (χ1n) is 8.50. The summed E-state index contributed by atoms with van der Waals surface area (Å²) in [4.78, 5) is 8.90. The highest BCUT2D eigenvalue weighted by molar-refractivity contribution is 9.10. The topological polar surface area (TPSA) is 92.1 Å². The van der Waals surface area contributed by atoms with Gasteiger partial charge in [0.15, 0.2) is 11.5 Å². The van der Waals surface area contributed by atoms with E-state index in [1.807, 2.05) is 55.5 Å². The second-order valence-corrected chi connectivity index (χ2v) is 7.02. The van der Waals surface area contributed by atoms with Gasteiger partial charge in [-0.25, -0.2) is 14.6 Å². The fraction of sp³-hybridized carbons (Fsp3) is 0.100. The molecule has 0 aliphatic rings. The van der Waals surface area contributed by atoms with E-state index in [4.69, 9.17) is 5.26 Å². The first-order chi connectivity index (χ1) is 13.6. The largest absolute Gasteiger partial charge is 0.215 e. The molecule has 0 saturated carbocycles. The van der Waals surface area contributed by atoms with E-state index in [1.165, 1.54) is 0 Å². The molecule has 4 rings (SSSR count). The first kappa shape index (κ1) is 17.9. The molecule has 0 unspecified atom stereocenters. The summed E-state index contributed by atoms with van der Waals surface area (Å²) in [5, 5.41) is 22.7. The summed E-state index contributed by atoms with van der Waals surface area (Å²) in [6, 6.07) is 17.5. The van der Waals surface area contributed by atoms with Gasteiger partial charge in [-0.15, -0.1) is 10.2 Å². The Balaban J connectivity index is 1.82. The number of aryl methyl sites for hydroxylation is 1. The normalized spacial score (nSPS) is 11.2. The lowest BCUT2D eigenvalue weighted by molar-refractivity contribution is 0.884. The van der Waals surface area contributed by atoms with Crippen molar-refractivity contribution in [1.29, 1.82) is 5.26 Å². The number of azo groups is 1. The SMILES string of the molecule is Cc1ccc(-n2ncc3c(N=Nc4ccc(Br)cc4)nc(CC#N)nc32)cc1. The van der Waals surface area contributed by atoms with Gasteiger partial charge in [0.1, 0.15) is 5.82 Å². The predicted octanol–water partition coefficient (Wildman–Crippen LogP) is 5.37. The zero-order chi connectivity index (χ0) is 19.5. The Labute approximate surface area is 169 Å². The number of benzene rings is 2. The minimum Gasteiger partial charge on any atom is -0.215 e. The number of hydrogen-bond acceptors (Lipinski definition) is 6. The van der Waals surface area contributed by atoms with Crippen LogP contribution in [0.3, 0.4) is 0 Å². The molecule has 2 heterocycles. The molecule has 0 atom stereocenters. The van der Waals surface area contributed by atoms with Crippen LogP contribution in [0.2, 0.25) is 0 Å². The smallest absolute Gasteiger partial charge is 0.188 e. The number of aromatic nitrogens is 4. The van der Waals surface area contributed by atoms with Crippen LogP contribution in [0.5, 0.6) is 0 Å². The van der Waals surface area contributed by atoms with Crippen molar-refractivity contribution in [2.75, 3.05) is 0 Å². The van der Waals surface area contributed by atoms with Crippen molar-refractivity contribution >= 4 is 38.5 Å². The summed E-state index contributed by atoms with van der Waals surface area (Å²) < 4.78 is 2.68. The number of nitriles is 1. The average Bonchev–Trinajstić information content (AvgIpc) is 3.12. The summed E-state index contributed by atoms with van der Waals surface area (Å²) in [5.41, 5.74) is 3.32. The molecule has 2 aromatic carbocycles. The van der Waals surface area contributed by atoms with Crippen molar-refractivity contribution in [1.82, 2.24) is 19.7 Å². The van der Waals surface area contributed by atoms with Crippen LogP contribution >= 0.6 is 15.9 Å². The molecule has 7 nitrogen and oxygen atoms in total. The minimum atomic E-state index is 0.0792. The van der Waals surface area contributed by atoms with Crippen LogP contribution in [0.4, 0.5) is 11.5 Å². The van der Waals surface area contributed by atoms with E-state index in [0.29, 0.717) is 28.4 Å². The fourth-order valence-electron chi connectivity index (χ4n) is 2.65. The Kier molecular flexibility index (Phi) is 4.91. The molecule has 4 aromatic rings. The van der Waals surface area contributed by atoms with Crippen LogP contribution in [0.15, 0.2) is 69.4 Å². The van der Waals surface area contributed by atoms with E-state index in [9.17, 15) is 0 Å². The van der Waals surface area contributed by atoms with Gasteiger partial charge in [-0.3, -0.25) is 0 Å². The van der Waals surface area contributed by atoms with Crippen molar-refractivity contribution in [3.8, 4) is 11.8 Å². The third-order valence-electron chi connectivity index (χ3n) is 4.06. The third kappa shape index (κ3) is 3.66. The maximum Gasteiger partial charge on any atom is 0.188 e. The number of halogens is 1. The molecule has 0 bridgehead atoms. The Morgan fingerprint density at radius 3 is 2.50 bits per heavy atom. The van der Waals surface area contributed by atoms with E-state index in [1.54, 1.807) is 10.9 Å². The lowest BCUT2D eigenvalue weighted by Gasteiger charge is -2.05. The van der Waals surface area contributed by atoms with Gasteiger partial charge in [-0.1, -0.05) is 33.6 Å². The Bertz CT molecular complexity index is 1200. The van der Waals surface area contributed by atoms with Crippen LogP contribution in [0.25, 0.3) is 16.7 Å². The molecule has 8 heteroatoms. The zero-order valence-corrected chi connectivity index (χ0v) is 16.5. The summed E-state index contributed by atoms with van der Waals surface area (Å²) in [6.45, 7) is 2.03. The first-order valence-corrected chi connectivity index (χ1v) is 9.29. The second kappa shape index (κ2) is 7.66. The summed E-state index contributed by atoms with van der Waals surface area (Å²) in [6.07, 6.45) is 1.75. The number of rotatable bonds is 4. The quantitative estimate of drug-likeness (QED) is 0.406. The summed E-state index contributed by atoms with van der Waals surface area (Å²) >= 11 is 3.40. The standard InChI is InChI=1S/C20H14BrN7/c1-13-2-8-16(9-3-13)28-20-17(12-23-28)19(24-18(25-20)10-11-22)27-26-15-6-4-14(21)5-7-15/h2-9,12H,10H2,1H3. The van der Waals surface area contributed by atoms with Gasteiger partial charge in [0.25, 0.3) is 0 Å². The maximum atomic E-state index is 9.07. The molecule has 0 radical (unpaired) electrons. The van der Waals surface area contributed by atoms with Crippen LogP contribution in [-0.2, 0) is 6.42 Å². The molecule has 2 aromatic heterocycles. The van der Waals surface area contributed by atoms with Crippen LogP contribution in [0, 0.1) is 18.3 Å². The zero-order valence-electron chi connectivity index (χ0n) is 14.9. The Morgan fingerprint density at radius 1 is 1.04 bits per heavy atom. The van der Waals surface area contributed by atoms with Crippen molar-refractivity contribution in [3.63, 3.8) is 0 Å². The van der Waals surface area contributed by atoms with Crippen molar-refractivity contribution < 1.29 is 0 Å². The predicted molar refractivity (Wildman–Crippen MR) is 109 cm³/mol. The van der Waals surface area contributed by atoms with Crippen molar-refractivity contribution in [2.45, 2.75) is 13.3 Å². The average molecular weight is 432 g/mol. The molecule has 28 heavy (non-hydrogen) atoms. The van der Waals surface area contributed by atoms with Gasteiger partial charge in [0.05, 0.1) is 35.4 Å². The molecule has 0 fully saturated rings. The minimum absolute atomic E-state index is 0.0792. The van der Waals surface area contributed by atoms with E-state index >= 15 is 0 Å². The summed E-state index contributed by atoms with van der Waals surface area (Å²) in [5.74, 6) is 0.769. The molecule has 0 amide bonds. The van der Waals surface area contributed by atoms with Crippen LogP contribution in [0.1, 0.15) is 11.4 Å². The molecule has 0 aliphatic heterocycles. The molecule has 0 spiro atoms. The molecular weight excluding hydrogens is 418 g/mol.